The molecule has 0 radical (unpaired) electrons. The van der Waals surface area contributed by atoms with E-state index in [0.717, 1.165) is 23.9 Å². The van der Waals surface area contributed by atoms with E-state index in [-0.39, 0.29) is 5.91 Å². The molecule has 118 valence electrons. The number of rotatable bonds is 7. The Hall–Kier alpha value is -1.08. The average molecular weight is 312 g/mol. The zero-order valence-corrected chi connectivity index (χ0v) is 13.6. The number of hydrogen-bond donors (Lipinski definition) is 1. The predicted molar refractivity (Wildman–Crippen MR) is 82.2 cm³/mol. The van der Waals surface area contributed by atoms with Gasteiger partial charge in [-0.3, -0.25) is 4.79 Å². The molecule has 1 aromatic rings. The molecule has 1 aliphatic carbocycles. The summed E-state index contributed by atoms with van der Waals surface area (Å²) >= 11 is 1.42. The van der Waals surface area contributed by atoms with Crippen molar-refractivity contribution >= 4 is 17.7 Å². The number of methoxy groups -OCH3 is 1. The smallest absolute Gasteiger partial charge is 0.230 e. The first kappa shape index (κ1) is 16.3. The number of ether oxygens (including phenoxy) is 1. The van der Waals surface area contributed by atoms with Gasteiger partial charge in [0.05, 0.1) is 12.4 Å². The van der Waals surface area contributed by atoms with E-state index in [1.165, 1.54) is 24.6 Å². The Morgan fingerprint density at radius 2 is 2.24 bits per heavy atom. The predicted octanol–water partition coefficient (Wildman–Crippen LogP) is 1.71. The second-order valence-electron chi connectivity index (χ2n) is 5.61. The lowest BCUT2D eigenvalue weighted by Gasteiger charge is -2.26. The summed E-state index contributed by atoms with van der Waals surface area (Å²) in [5.74, 6) is 1.27. The topological polar surface area (TPSA) is 69.0 Å². The first-order chi connectivity index (χ1) is 10.2. The van der Waals surface area contributed by atoms with Gasteiger partial charge in [-0.05, 0) is 31.6 Å². The minimum absolute atomic E-state index is 0.0841. The lowest BCUT2D eigenvalue weighted by atomic mass is 9.87. The maximum absolute atomic E-state index is 12.0. The average Bonchev–Trinajstić information content (AvgIpc) is 2.93. The third-order valence-electron chi connectivity index (χ3n) is 3.83. The highest BCUT2D eigenvalue weighted by Crippen LogP contribution is 2.23. The molecule has 1 N–H and O–H groups in total. The van der Waals surface area contributed by atoms with Crippen LogP contribution in [0.25, 0.3) is 0 Å². The van der Waals surface area contributed by atoms with Crippen LogP contribution in [0.1, 0.15) is 32.6 Å². The van der Waals surface area contributed by atoms with Gasteiger partial charge in [0.2, 0.25) is 5.91 Å². The van der Waals surface area contributed by atoms with Crippen LogP contribution < -0.4 is 5.32 Å². The third kappa shape index (κ3) is 5.32. The number of nitrogens with zero attached hydrogens (tertiary/aromatic N) is 3. The van der Waals surface area contributed by atoms with E-state index < -0.39 is 0 Å². The van der Waals surface area contributed by atoms with E-state index >= 15 is 0 Å². The molecular formula is C14H24N4O2S. The van der Waals surface area contributed by atoms with Gasteiger partial charge in [-0.15, -0.1) is 10.2 Å². The number of carbonyl (C=O) groups excluding carboxylic acids is 1. The highest BCUT2D eigenvalue weighted by atomic mass is 32.2. The molecule has 1 aliphatic rings. The molecule has 0 aromatic carbocycles. The van der Waals surface area contributed by atoms with Crippen LogP contribution in [-0.4, -0.2) is 46.2 Å². The summed E-state index contributed by atoms with van der Waals surface area (Å²) < 4.78 is 6.95. The number of nitrogens with one attached hydrogen (secondary N) is 1. The summed E-state index contributed by atoms with van der Waals surface area (Å²) in [4.78, 5) is 12.0. The monoisotopic (exact) mass is 312 g/mol. The standard InChI is InChI=1S/C14H24N4O2S/c1-11-3-5-12(6-4-11)16-13(19)9-21-14-17-15-10-18(14)7-8-20-2/h10-12H,3-9H2,1-2H3,(H,16,19). The van der Waals surface area contributed by atoms with Crippen molar-refractivity contribution < 1.29 is 9.53 Å². The molecule has 6 nitrogen and oxygen atoms in total. The highest BCUT2D eigenvalue weighted by Gasteiger charge is 2.20. The number of amides is 1. The minimum atomic E-state index is 0.0841. The van der Waals surface area contributed by atoms with E-state index in [0.29, 0.717) is 24.9 Å². The number of hydrogen-bond acceptors (Lipinski definition) is 5. The molecule has 0 atom stereocenters. The summed E-state index contributed by atoms with van der Waals surface area (Å²) in [6, 6.07) is 0.348. The molecule has 0 aliphatic heterocycles. The second-order valence-corrected chi connectivity index (χ2v) is 6.56. The fourth-order valence-corrected chi connectivity index (χ4v) is 3.26. The zero-order chi connectivity index (χ0) is 15.1. The summed E-state index contributed by atoms with van der Waals surface area (Å²) in [7, 11) is 1.66. The summed E-state index contributed by atoms with van der Waals surface area (Å²) in [6.45, 7) is 3.59. The Labute approximate surface area is 130 Å². The molecule has 2 rings (SSSR count). The van der Waals surface area contributed by atoms with Gasteiger partial charge in [-0.1, -0.05) is 18.7 Å². The van der Waals surface area contributed by atoms with Crippen molar-refractivity contribution in [1.82, 2.24) is 20.1 Å². The molecule has 1 fully saturated rings. The van der Waals surface area contributed by atoms with Crippen molar-refractivity contribution in [3.05, 3.63) is 6.33 Å². The van der Waals surface area contributed by atoms with Gasteiger partial charge in [-0.2, -0.15) is 0 Å². The lowest BCUT2D eigenvalue weighted by molar-refractivity contribution is -0.119. The lowest BCUT2D eigenvalue weighted by Crippen LogP contribution is -2.38. The van der Waals surface area contributed by atoms with Crippen LogP contribution in [0.2, 0.25) is 0 Å². The van der Waals surface area contributed by atoms with Crippen LogP contribution >= 0.6 is 11.8 Å². The van der Waals surface area contributed by atoms with E-state index in [4.69, 9.17) is 4.74 Å². The molecule has 0 saturated heterocycles. The van der Waals surface area contributed by atoms with Gasteiger partial charge in [0.25, 0.3) is 0 Å². The normalized spacial score (nSPS) is 22.2. The molecule has 1 heterocycles. The van der Waals surface area contributed by atoms with Crippen LogP contribution in [0.5, 0.6) is 0 Å². The van der Waals surface area contributed by atoms with Gasteiger partial charge in [-0.25, -0.2) is 0 Å². The van der Waals surface area contributed by atoms with Gasteiger partial charge in [0, 0.05) is 19.7 Å². The Bertz CT molecular complexity index is 444. The fraction of sp³-hybridized carbons (Fsp3) is 0.786. The van der Waals surface area contributed by atoms with Crippen molar-refractivity contribution in [2.24, 2.45) is 5.92 Å². The Balaban J connectivity index is 1.72. The number of aromatic nitrogens is 3. The van der Waals surface area contributed by atoms with Gasteiger partial charge >= 0.3 is 0 Å². The molecule has 1 amide bonds. The summed E-state index contributed by atoms with van der Waals surface area (Å²) in [5, 5.41) is 11.8. The van der Waals surface area contributed by atoms with Crippen molar-refractivity contribution in [2.75, 3.05) is 19.5 Å². The summed E-state index contributed by atoms with van der Waals surface area (Å²) in [5.41, 5.74) is 0. The van der Waals surface area contributed by atoms with Crippen molar-refractivity contribution in [1.29, 1.82) is 0 Å². The molecule has 21 heavy (non-hydrogen) atoms. The molecule has 1 aromatic heterocycles. The van der Waals surface area contributed by atoms with Crippen molar-refractivity contribution in [2.45, 2.75) is 50.4 Å². The summed E-state index contributed by atoms with van der Waals surface area (Å²) in [6.07, 6.45) is 6.29. The highest BCUT2D eigenvalue weighted by molar-refractivity contribution is 7.99. The van der Waals surface area contributed by atoms with Crippen LogP contribution in [0.4, 0.5) is 0 Å². The Morgan fingerprint density at radius 1 is 1.48 bits per heavy atom. The zero-order valence-electron chi connectivity index (χ0n) is 12.7. The maximum atomic E-state index is 12.0. The molecule has 0 unspecified atom stereocenters. The van der Waals surface area contributed by atoms with Crippen LogP contribution in [0.3, 0.4) is 0 Å². The third-order valence-corrected chi connectivity index (χ3v) is 4.81. The van der Waals surface area contributed by atoms with Crippen molar-refractivity contribution in [3.63, 3.8) is 0 Å². The molecule has 0 spiro atoms. The number of thioether (sulfide) groups is 1. The quantitative estimate of drug-likeness (QED) is 0.776. The fourth-order valence-electron chi connectivity index (χ4n) is 2.50. The molecular weight excluding hydrogens is 288 g/mol. The van der Waals surface area contributed by atoms with E-state index in [1.54, 1.807) is 13.4 Å². The van der Waals surface area contributed by atoms with Gasteiger partial charge in [0.15, 0.2) is 5.16 Å². The SMILES string of the molecule is COCCn1cnnc1SCC(=O)NC1CCC(C)CC1. The van der Waals surface area contributed by atoms with Crippen molar-refractivity contribution in [3.8, 4) is 0 Å². The largest absolute Gasteiger partial charge is 0.383 e. The second kappa shape index (κ2) is 8.38. The number of carbonyl (C=O) groups is 1. The van der Waals surface area contributed by atoms with Gasteiger partial charge in [0.1, 0.15) is 6.33 Å². The van der Waals surface area contributed by atoms with Crippen LogP contribution in [0.15, 0.2) is 11.5 Å². The van der Waals surface area contributed by atoms with Gasteiger partial charge < -0.3 is 14.6 Å². The Kier molecular flexibility index (Phi) is 6.50. The minimum Gasteiger partial charge on any atom is -0.383 e. The maximum Gasteiger partial charge on any atom is 0.230 e. The van der Waals surface area contributed by atoms with E-state index in [9.17, 15) is 4.79 Å². The van der Waals surface area contributed by atoms with E-state index in [1.807, 2.05) is 4.57 Å². The van der Waals surface area contributed by atoms with E-state index in [2.05, 4.69) is 22.4 Å². The first-order valence-corrected chi connectivity index (χ1v) is 8.46. The van der Waals surface area contributed by atoms with Crippen LogP contribution in [-0.2, 0) is 16.1 Å². The molecule has 7 heteroatoms. The van der Waals surface area contributed by atoms with Crippen LogP contribution in [0, 0.1) is 5.92 Å². The Morgan fingerprint density at radius 3 is 2.95 bits per heavy atom. The first-order valence-electron chi connectivity index (χ1n) is 7.48. The molecule has 1 saturated carbocycles. The molecule has 0 bridgehead atoms.